The standard InChI is InChI=1S/C22H25N7/c1-2-23-22(24-13-12-17-14-25-20-11-7-6-10-19(17)20)26-15-21-28-27-16-29(21)18-8-4-3-5-9-18/h3-11,14,16,25H,2,12-13,15H2,1H3,(H2,23,24,26). The Kier molecular flexibility index (Phi) is 5.85. The molecule has 29 heavy (non-hydrogen) atoms. The van der Waals surface area contributed by atoms with Gasteiger partial charge in [0.25, 0.3) is 0 Å². The van der Waals surface area contributed by atoms with Crippen molar-refractivity contribution in [2.24, 2.45) is 4.99 Å². The number of aliphatic imine (C=N–C) groups is 1. The number of aromatic amines is 1. The predicted octanol–water partition coefficient (Wildman–Crippen LogP) is 3.05. The minimum Gasteiger partial charge on any atom is -0.361 e. The average Bonchev–Trinajstić information content (AvgIpc) is 3.40. The molecular weight excluding hydrogens is 362 g/mol. The smallest absolute Gasteiger partial charge is 0.191 e. The second-order valence-corrected chi connectivity index (χ2v) is 6.68. The Bertz CT molecular complexity index is 1080. The molecule has 4 rings (SSSR count). The van der Waals surface area contributed by atoms with Gasteiger partial charge in [0.15, 0.2) is 11.8 Å². The summed E-state index contributed by atoms with van der Waals surface area (Å²) in [6, 6.07) is 18.4. The first-order valence-electron chi connectivity index (χ1n) is 9.86. The van der Waals surface area contributed by atoms with Crippen LogP contribution in [0.2, 0.25) is 0 Å². The summed E-state index contributed by atoms with van der Waals surface area (Å²) in [5.74, 6) is 1.57. The third-order valence-electron chi connectivity index (χ3n) is 4.74. The summed E-state index contributed by atoms with van der Waals surface area (Å²) in [5.41, 5.74) is 3.50. The fraction of sp³-hybridized carbons (Fsp3) is 0.227. The maximum atomic E-state index is 4.69. The first-order chi connectivity index (χ1) is 14.3. The summed E-state index contributed by atoms with van der Waals surface area (Å²) in [6.07, 6.45) is 4.71. The van der Waals surface area contributed by atoms with E-state index in [-0.39, 0.29) is 0 Å². The Morgan fingerprint density at radius 1 is 1.07 bits per heavy atom. The Labute approximate surface area is 169 Å². The number of H-pyrrole nitrogens is 1. The van der Waals surface area contributed by atoms with Crippen LogP contribution < -0.4 is 10.6 Å². The minimum atomic E-state index is 0.442. The highest BCUT2D eigenvalue weighted by molar-refractivity contribution is 5.83. The molecule has 0 radical (unpaired) electrons. The van der Waals surface area contributed by atoms with E-state index in [1.54, 1.807) is 6.33 Å². The van der Waals surface area contributed by atoms with Crippen LogP contribution in [-0.2, 0) is 13.0 Å². The van der Waals surface area contributed by atoms with E-state index in [1.807, 2.05) is 41.0 Å². The molecular formula is C22H25N7. The number of guanidine groups is 1. The second kappa shape index (κ2) is 9.05. The van der Waals surface area contributed by atoms with Gasteiger partial charge in [0.2, 0.25) is 0 Å². The van der Waals surface area contributed by atoms with E-state index in [2.05, 4.69) is 62.1 Å². The van der Waals surface area contributed by atoms with Crippen molar-refractivity contribution < 1.29 is 0 Å². The molecule has 0 bridgehead atoms. The van der Waals surface area contributed by atoms with Gasteiger partial charge in [-0.05, 0) is 37.1 Å². The number of benzene rings is 2. The van der Waals surface area contributed by atoms with Crippen molar-refractivity contribution in [3.63, 3.8) is 0 Å². The molecule has 2 aromatic carbocycles. The maximum absolute atomic E-state index is 4.69. The lowest BCUT2D eigenvalue weighted by Gasteiger charge is -2.11. The number of hydrogen-bond acceptors (Lipinski definition) is 3. The summed E-state index contributed by atoms with van der Waals surface area (Å²) in [7, 11) is 0. The minimum absolute atomic E-state index is 0.442. The van der Waals surface area contributed by atoms with Crippen LogP contribution in [0.1, 0.15) is 18.3 Å². The Morgan fingerprint density at radius 2 is 1.90 bits per heavy atom. The van der Waals surface area contributed by atoms with E-state index in [4.69, 9.17) is 0 Å². The van der Waals surface area contributed by atoms with Gasteiger partial charge in [-0.15, -0.1) is 10.2 Å². The predicted molar refractivity (Wildman–Crippen MR) is 116 cm³/mol. The zero-order valence-electron chi connectivity index (χ0n) is 16.5. The quantitative estimate of drug-likeness (QED) is 0.336. The normalized spacial score (nSPS) is 11.7. The van der Waals surface area contributed by atoms with Crippen LogP contribution in [0.5, 0.6) is 0 Å². The molecule has 4 aromatic rings. The van der Waals surface area contributed by atoms with Crippen molar-refractivity contribution in [2.75, 3.05) is 13.1 Å². The van der Waals surface area contributed by atoms with E-state index >= 15 is 0 Å². The van der Waals surface area contributed by atoms with Crippen LogP contribution in [0.15, 0.2) is 72.1 Å². The molecule has 0 amide bonds. The number of aromatic nitrogens is 4. The average molecular weight is 387 g/mol. The topological polar surface area (TPSA) is 82.9 Å². The van der Waals surface area contributed by atoms with Gasteiger partial charge in [-0.1, -0.05) is 36.4 Å². The SMILES string of the molecule is CCNC(=NCc1nncn1-c1ccccc1)NCCc1c[nH]c2ccccc12. The Balaban J connectivity index is 1.40. The zero-order chi connectivity index (χ0) is 19.9. The van der Waals surface area contributed by atoms with Gasteiger partial charge in [0.05, 0.1) is 0 Å². The lowest BCUT2D eigenvalue weighted by Crippen LogP contribution is -2.38. The van der Waals surface area contributed by atoms with Crippen LogP contribution in [0.3, 0.4) is 0 Å². The molecule has 0 aliphatic carbocycles. The molecule has 0 fully saturated rings. The highest BCUT2D eigenvalue weighted by atomic mass is 15.3. The fourth-order valence-electron chi connectivity index (χ4n) is 3.32. The van der Waals surface area contributed by atoms with Crippen molar-refractivity contribution in [3.8, 4) is 5.69 Å². The van der Waals surface area contributed by atoms with Crippen LogP contribution in [-0.4, -0.2) is 38.8 Å². The monoisotopic (exact) mass is 387 g/mol. The molecule has 148 valence electrons. The van der Waals surface area contributed by atoms with Crippen molar-refractivity contribution >= 4 is 16.9 Å². The molecule has 0 unspecified atom stereocenters. The van der Waals surface area contributed by atoms with Gasteiger partial charge in [0.1, 0.15) is 12.9 Å². The van der Waals surface area contributed by atoms with Crippen molar-refractivity contribution in [3.05, 3.63) is 78.5 Å². The Morgan fingerprint density at radius 3 is 2.76 bits per heavy atom. The molecule has 7 nitrogen and oxygen atoms in total. The van der Waals surface area contributed by atoms with Gasteiger partial charge in [-0.2, -0.15) is 0 Å². The van der Waals surface area contributed by atoms with Gasteiger partial charge in [-0.3, -0.25) is 4.57 Å². The molecule has 0 spiro atoms. The molecule has 0 aliphatic heterocycles. The van der Waals surface area contributed by atoms with Gasteiger partial charge < -0.3 is 15.6 Å². The summed E-state index contributed by atoms with van der Waals surface area (Å²) < 4.78 is 1.96. The van der Waals surface area contributed by atoms with Crippen molar-refractivity contribution in [1.82, 2.24) is 30.4 Å². The zero-order valence-corrected chi connectivity index (χ0v) is 16.5. The fourth-order valence-corrected chi connectivity index (χ4v) is 3.32. The Hall–Kier alpha value is -3.61. The highest BCUT2D eigenvalue weighted by Crippen LogP contribution is 2.17. The van der Waals surface area contributed by atoms with Gasteiger partial charge >= 0.3 is 0 Å². The molecule has 0 saturated carbocycles. The van der Waals surface area contributed by atoms with E-state index < -0.39 is 0 Å². The molecule has 2 heterocycles. The van der Waals surface area contributed by atoms with E-state index in [0.29, 0.717) is 6.54 Å². The van der Waals surface area contributed by atoms with Gasteiger partial charge in [-0.25, -0.2) is 4.99 Å². The number of nitrogens with one attached hydrogen (secondary N) is 3. The summed E-state index contributed by atoms with van der Waals surface area (Å²) in [5, 5.41) is 16.3. The summed E-state index contributed by atoms with van der Waals surface area (Å²) >= 11 is 0. The number of hydrogen-bond donors (Lipinski definition) is 3. The van der Waals surface area contributed by atoms with Gasteiger partial charge in [0, 0.05) is 35.9 Å². The largest absolute Gasteiger partial charge is 0.361 e. The highest BCUT2D eigenvalue weighted by Gasteiger charge is 2.07. The molecule has 3 N–H and O–H groups in total. The summed E-state index contributed by atoms with van der Waals surface area (Å²) in [4.78, 5) is 8.01. The third kappa shape index (κ3) is 4.45. The van der Waals surface area contributed by atoms with Crippen molar-refractivity contribution in [2.45, 2.75) is 19.9 Å². The third-order valence-corrected chi connectivity index (χ3v) is 4.74. The number of nitrogens with zero attached hydrogens (tertiary/aromatic N) is 4. The number of rotatable bonds is 7. The maximum Gasteiger partial charge on any atom is 0.191 e. The van der Waals surface area contributed by atoms with Crippen LogP contribution in [0.25, 0.3) is 16.6 Å². The first-order valence-corrected chi connectivity index (χ1v) is 9.86. The molecule has 2 aromatic heterocycles. The lowest BCUT2D eigenvalue weighted by molar-refractivity contribution is 0.785. The molecule has 0 atom stereocenters. The molecule has 7 heteroatoms. The molecule has 0 aliphatic rings. The van der Waals surface area contributed by atoms with Crippen molar-refractivity contribution in [1.29, 1.82) is 0 Å². The van der Waals surface area contributed by atoms with E-state index in [1.165, 1.54) is 16.5 Å². The van der Waals surface area contributed by atoms with E-state index in [0.717, 1.165) is 37.0 Å². The second-order valence-electron chi connectivity index (χ2n) is 6.68. The lowest BCUT2D eigenvalue weighted by atomic mass is 10.1. The van der Waals surface area contributed by atoms with Crippen LogP contribution in [0, 0.1) is 0 Å². The number of para-hydroxylation sites is 2. The first kappa shape index (κ1) is 18.7. The van der Waals surface area contributed by atoms with E-state index in [9.17, 15) is 0 Å². The number of fused-ring (bicyclic) bond motifs is 1. The molecule has 0 saturated heterocycles. The van der Waals surface area contributed by atoms with Crippen LogP contribution >= 0.6 is 0 Å². The van der Waals surface area contributed by atoms with Crippen LogP contribution in [0.4, 0.5) is 0 Å². The summed E-state index contributed by atoms with van der Waals surface area (Å²) in [6.45, 7) is 4.09.